The van der Waals surface area contributed by atoms with Crippen LogP contribution in [0.4, 0.5) is 0 Å². The summed E-state index contributed by atoms with van der Waals surface area (Å²) < 4.78 is 5.00. The van der Waals surface area contributed by atoms with Gasteiger partial charge in [-0.1, -0.05) is 42.5 Å². The Morgan fingerprint density at radius 1 is 1.20 bits per heavy atom. The molecule has 0 spiro atoms. The van der Waals surface area contributed by atoms with Crippen molar-refractivity contribution >= 4 is 10.8 Å². The van der Waals surface area contributed by atoms with Crippen LogP contribution in [0.1, 0.15) is 17.9 Å². The van der Waals surface area contributed by atoms with Crippen molar-refractivity contribution in [1.29, 1.82) is 0 Å². The Balaban J connectivity index is 2.00. The number of rotatable bonds is 2. The number of nitrogens with zero attached hydrogens (tertiary/aromatic N) is 1. The van der Waals surface area contributed by atoms with Gasteiger partial charge >= 0.3 is 0 Å². The Morgan fingerprint density at radius 2 is 1.95 bits per heavy atom. The van der Waals surface area contributed by atoms with E-state index in [9.17, 15) is 15.2 Å². The average molecular weight is 273 g/mol. The molecule has 1 aliphatic heterocycles. The summed E-state index contributed by atoms with van der Waals surface area (Å²) in [5.74, 6) is -0.321. The Kier molecular flexibility index (Phi) is 3.38. The van der Waals surface area contributed by atoms with E-state index in [1.165, 1.54) is 0 Å². The molecule has 1 aliphatic rings. The molecule has 5 heteroatoms. The summed E-state index contributed by atoms with van der Waals surface area (Å²) in [6, 6.07) is 12.9. The molecule has 1 fully saturated rings. The molecule has 1 heterocycles. The highest BCUT2D eigenvalue weighted by atomic mass is 16.6. The predicted octanol–water partition coefficient (Wildman–Crippen LogP) is 2.31. The summed E-state index contributed by atoms with van der Waals surface area (Å²) in [5.41, 5.74) is 0.882. The maximum Gasteiger partial charge on any atom is 0.243 e. The molecule has 2 aromatic carbocycles. The van der Waals surface area contributed by atoms with Crippen LogP contribution in [0, 0.1) is 10.1 Å². The fourth-order valence-corrected chi connectivity index (χ4v) is 2.77. The van der Waals surface area contributed by atoms with Gasteiger partial charge in [0.25, 0.3) is 0 Å². The average Bonchev–Trinajstić information content (AvgIpc) is 2.46. The summed E-state index contributed by atoms with van der Waals surface area (Å²) >= 11 is 0. The van der Waals surface area contributed by atoms with E-state index in [0.717, 1.165) is 16.3 Å². The van der Waals surface area contributed by atoms with Gasteiger partial charge in [0, 0.05) is 11.3 Å². The first-order valence-corrected chi connectivity index (χ1v) is 6.57. The first-order valence-electron chi connectivity index (χ1n) is 6.57. The number of aliphatic hydroxyl groups is 1. The summed E-state index contributed by atoms with van der Waals surface area (Å²) in [6.07, 6.45) is -0.674. The Morgan fingerprint density at radius 3 is 2.70 bits per heavy atom. The Hall–Kier alpha value is -1.98. The quantitative estimate of drug-likeness (QED) is 0.673. The summed E-state index contributed by atoms with van der Waals surface area (Å²) in [5, 5.41) is 22.9. The van der Waals surface area contributed by atoms with Crippen LogP contribution in [0.15, 0.2) is 42.5 Å². The fraction of sp³-hybridized carbons (Fsp3) is 0.333. The van der Waals surface area contributed by atoms with Gasteiger partial charge in [-0.25, -0.2) is 0 Å². The van der Waals surface area contributed by atoms with Crippen LogP contribution in [-0.4, -0.2) is 29.0 Å². The third kappa shape index (κ3) is 2.37. The molecular weight excluding hydrogens is 258 g/mol. The largest absolute Gasteiger partial charge is 0.368 e. The van der Waals surface area contributed by atoms with Crippen molar-refractivity contribution in [2.75, 3.05) is 6.61 Å². The normalized spacial score (nSPS) is 26.6. The van der Waals surface area contributed by atoms with E-state index >= 15 is 0 Å². The third-order valence-electron chi connectivity index (χ3n) is 3.85. The van der Waals surface area contributed by atoms with Gasteiger partial charge in [-0.05, 0) is 16.3 Å². The lowest BCUT2D eigenvalue weighted by Gasteiger charge is -2.29. The smallest absolute Gasteiger partial charge is 0.243 e. The van der Waals surface area contributed by atoms with Crippen LogP contribution < -0.4 is 0 Å². The Bertz CT molecular complexity index is 643. The molecule has 0 aliphatic carbocycles. The van der Waals surface area contributed by atoms with Gasteiger partial charge in [0.2, 0.25) is 6.04 Å². The van der Waals surface area contributed by atoms with E-state index in [0.29, 0.717) is 0 Å². The molecule has 3 atom stereocenters. The molecule has 104 valence electrons. The van der Waals surface area contributed by atoms with Crippen molar-refractivity contribution in [1.82, 2.24) is 0 Å². The van der Waals surface area contributed by atoms with Crippen molar-refractivity contribution in [2.24, 2.45) is 0 Å². The number of nitro groups is 1. The van der Waals surface area contributed by atoms with Crippen LogP contribution in [-0.2, 0) is 4.74 Å². The van der Waals surface area contributed by atoms with Gasteiger partial charge in [-0.2, -0.15) is 0 Å². The lowest BCUT2D eigenvalue weighted by molar-refractivity contribution is -0.538. The standard InChI is InChI=1S/C15H15NO4/c17-15-8-13(14(9-20-15)16(18)19)12-6-5-10-3-1-2-4-11(10)7-12/h1-7,13-15,17H,8-9H2/t13-,14+,15?/m0/s1. The summed E-state index contributed by atoms with van der Waals surface area (Å²) in [4.78, 5) is 10.8. The van der Waals surface area contributed by atoms with E-state index < -0.39 is 12.3 Å². The first kappa shape index (κ1) is 13.0. The lowest BCUT2D eigenvalue weighted by atomic mass is 9.86. The highest BCUT2D eigenvalue weighted by molar-refractivity contribution is 5.83. The SMILES string of the molecule is O=[N+]([O-])[C@@H]1COC(O)C[C@H]1c1ccc2ccccc2c1. The van der Waals surface area contributed by atoms with Crippen molar-refractivity contribution in [2.45, 2.75) is 24.7 Å². The zero-order chi connectivity index (χ0) is 14.1. The molecule has 20 heavy (non-hydrogen) atoms. The monoisotopic (exact) mass is 273 g/mol. The van der Waals surface area contributed by atoms with Gasteiger partial charge in [0.05, 0.1) is 5.92 Å². The van der Waals surface area contributed by atoms with E-state index in [-0.39, 0.29) is 23.9 Å². The highest BCUT2D eigenvalue weighted by Gasteiger charge is 2.39. The van der Waals surface area contributed by atoms with Crippen LogP contribution in [0.25, 0.3) is 10.8 Å². The van der Waals surface area contributed by atoms with Crippen molar-refractivity contribution < 1.29 is 14.8 Å². The van der Waals surface area contributed by atoms with Gasteiger partial charge in [0.15, 0.2) is 6.29 Å². The minimum Gasteiger partial charge on any atom is -0.368 e. The van der Waals surface area contributed by atoms with E-state index in [1.807, 2.05) is 42.5 Å². The molecule has 0 bridgehead atoms. The number of hydrogen-bond donors (Lipinski definition) is 1. The van der Waals surface area contributed by atoms with Gasteiger partial charge in [0.1, 0.15) is 6.61 Å². The molecule has 1 saturated heterocycles. The van der Waals surface area contributed by atoms with Gasteiger partial charge in [-0.3, -0.25) is 10.1 Å². The third-order valence-corrected chi connectivity index (χ3v) is 3.85. The van der Waals surface area contributed by atoms with Crippen LogP contribution in [0.2, 0.25) is 0 Å². The molecule has 1 unspecified atom stereocenters. The van der Waals surface area contributed by atoms with E-state index in [1.54, 1.807) is 0 Å². The molecule has 0 aromatic heterocycles. The number of ether oxygens (including phenoxy) is 1. The predicted molar refractivity (Wildman–Crippen MR) is 74.0 cm³/mol. The maximum absolute atomic E-state index is 11.2. The lowest BCUT2D eigenvalue weighted by Crippen LogP contribution is -2.40. The topological polar surface area (TPSA) is 72.6 Å². The fourth-order valence-electron chi connectivity index (χ4n) is 2.77. The maximum atomic E-state index is 11.2. The van der Waals surface area contributed by atoms with Crippen LogP contribution >= 0.6 is 0 Å². The van der Waals surface area contributed by atoms with Crippen LogP contribution in [0.5, 0.6) is 0 Å². The minimum absolute atomic E-state index is 0.0499. The number of fused-ring (bicyclic) bond motifs is 1. The molecule has 0 amide bonds. The van der Waals surface area contributed by atoms with Crippen LogP contribution in [0.3, 0.4) is 0 Å². The second-order valence-electron chi connectivity index (χ2n) is 5.09. The number of hydrogen-bond acceptors (Lipinski definition) is 4. The molecule has 0 radical (unpaired) electrons. The van der Waals surface area contributed by atoms with Crippen molar-refractivity contribution in [3.63, 3.8) is 0 Å². The van der Waals surface area contributed by atoms with Crippen molar-refractivity contribution in [3.8, 4) is 0 Å². The zero-order valence-corrected chi connectivity index (χ0v) is 10.8. The minimum atomic E-state index is -0.928. The second kappa shape index (κ2) is 5.19. The van der Waals surface area contributed by atoms with Gasteiger partial charge < -0.3 is 9.84 Å². The van der Waals surface area contributed by atoms with Crippen molar-refractivity contribution in [3.05, 3.63) is 58.1 Å². The van der Waals surface area contributed by atoms with Gasteiger partial charge in [-0.15, -0.1) is 0 Å². The summed E-state index contributed by atoms with van der Waals surface area (Å²) in [6.45, 7) is -0.0499. The zero-order valence-electron chi connectivity index (χ0n) is 10.8. The molecule has 2 aromatic rings. The molecule has 3 rings (SSSR count). The molecule has 0 saturated carbocycles. The van der Waals surface area contributed by atoms with E-state index in [2.05, 4.69) is 0 Å². The molecular formula is C15H15NO4. The number of benzene rings is 2. The number of aliphatic hydroxyl groups excluding tert-OH is 1. The summed E-state index contributed by atoms with van der Waals surface area (Å²) in [7, 11) is 0. The molecule has 5 nitrogen and oxygen atoms in total. The first-order chi connectivity index (χ1) is 9.65. The highest BCUT2D eigenvalue weighted by Crippen LogP contribution is 2.32. The van der Waals surface area contributed by atoms with E-state index in [4.69, 9.17) is 4.74 Å². The second-order valence-corrected chi connectivity index (χ2v) is 5.09. The molecule has 1 N–H and O–H groups in total. The Labute approximate surface area is 115 Å².